The van der Waals surface area contributed by atoms with Gasteiger partial charge in [0.1, 0.15) is 74.1 Å². The van der Waals surface area contributed by atoms with Crippen molar-refractivity contribution in [1.29, 1.82) is 0 Å². The van der Waals surface area contributed by atoms with Crippen molar-refractivity contribution >= 4 is 133 Å². The van der Waals surface area contributed by atoms with E-state index in [1.807, 2.05) is 171 Å². The predicted octanol–water partition coefficient (Wildman–Crippen LogP) is 33.4. The lowest BCUT2D eigenvalue weighted by atomic mass is 9.98. The number of carbonyl (C=O) groups excluding carboxylic acids is 6. The summed E-state index contributed by atoms with van der Waals surface area (Å²) in [4.78, 5) is 87.0. The summed E-state index contributed by atoms with van der Waals surface area (Å²) in [6.45, 7) is 29.9. The van der Waals surface area contributed by atoms with Gasteiger partial charge in [-0.15, -0.1) is 0 Å². The Bertz CT molecular complexity index is 6580. The van der Waals surface area contributed by atoms with Crippen LogP contribution >= 0.6 is 97.1 Å². The molecule has 141 heavy (non-hydrogen) atoms. The highest BCUT2D eigenvalue weighted by molar-refractivity contribution is 9.10. The highest BCUT2D eigenvalue weighted by Crippen LogP contribution is 2.44. The largest absolute Gasteiger partial charge is 0.489 e. The topological polar surface area (TPSA) is 450 Å². The number of nitrogens with zero attached hydrogens (tertiary/aromatic N) is 18. The van der Waals surface area contributed by atoms with Gasteiger partial charge < -0.3 is 28.4 Å². The highest BCUT2D eigenvalue weighted by atomic mass is 79.9. The molecule has 724 valence electrons. The number of carbonyl (C=O) groups is 6. The van der Waals surface area contributed by atoms with Crippen LogP contribution in [0.2, 0.25) is 35.2 Å². The molecule has 0 saturated heterocycles. The minimum atomic E-state index is -0.702. The summed E-state index contributed by atoms with van der Waals surface area (Å²) in [5.41, 5.74) is 72.2. The zero-order valence-electron chi connectivity index (χ0n) is 79.2. The third-order valence-electron chi connectivity index (χ3n) is 22.1. The molecule has 0 radical (unpaired) electrons. The molecule has 1 aliphatic carbocycles. The Kier molecular flexibility index (Phi) is 43.3. The first kappa shape index (κ1) is 112. The third-order valence-corrected chi connectivity index (χ3v) is 25.6. The lowest BCUT2D eigenvalue weighted by molar-refractivity contribution is 0.0989. The van der Waals surface area contributed by atoms with Crippen molar-refractivity contribution in [2.24, 2.45) is 30.7 Å². The van der Waals surface area contributed by atoms with E-state index in [0.29, 0.717) is 130 Å². The number of aryl methyl sites for hydroxylation is 15. The molecular formula is C103H94BrCl7N18O12. The van der Waals surface area contributed by atoms with Gasteiger partial charge in [-0.1, -0.05) is 238 Å². The molecule has 12 aromatic carbocycles. The standard InChI is InChI=1S/C19H18ClN3O2.C18H18ClN3O2.2C17H16ClN3O2.C16H13BrClN3O2.C16H13Cl2N3O2/c1-11-8-12(2)18(9-17(11)20)25-10-16-14(13-6-7-13)4-3-5-15(16)19(24)22-23-21;1-4-13-6-5-7-14(18(23)21-22-20)15(13)10-24-17-9-16(19)11(2)8-12(17)3;2*1-10-5-4-6-13(17(22)20-21-19)14(10)9-23-16-8-15(18)11(2)7-12(16)3;2*1-9-6-10(2)15(7-14(9)18)23-8-12-11(16(22)20-21-19)4-3-5-13(12)17/h3-5,8-9,13H,6-7,10H2,1-2H3;5-9H,4,10H2,1-3H3;2*4-8H,9H2,1-3H3;2*3-7H,8H2,1-2H3. The van der Waals surface area contributed by atoms with E-state index in [9.17, 15) is 28.8 Å². The zero-order chi connectivity index (χ0) is 104. The maximum Gasteiger partial charge on any atom is 0.249 e. The zero-order valence-corrected chi connectivity index (χ0v) is 86.1. The fourth-order valence-corrected chi connectivity index (χ4v) is 16.0. The summed E-state index contributed by atoms with van der Waals surface area (Å²) in [7, 11) is 0. The van der Waals surface area contributed by atoms with Gasteiger partial charge in [-0.25, -0.2) is 0 Å². The lowest BCUT2D eigenvalue weighted by Crippen LogP contribution is -2.08. The van der Waals surface area contributed by atoms with Crippen molar-refractivity contribution in [3.63, 3.8) is 0 Å². The molecule has 0 unspecified atom stereocenters. The molecule has 30 nitrogen and oxygen atoms in total. The average molecular weight is 2100 g/mol. The van der Waals surface area contributed by atoms with Gasteiger partial charge in [0.05, 0.1) is 0 Å². The highest BCUT2D eigenvalue weighted by Gasteiger charge is 2.29. The number of hydrogen-bond acceptors (Lipinski definition) is 12. The SMILES string of the molecule is CCc1cccc(C(=O)N=[N+]=[N-])c1COc1cc(Cl)c(C)cc1C.Cc1cc(C)c(OCc2c(Br)cccc2C(=O)N=[N+]=[N-])cc1Cl.Cc1cc(C)c(OCc2c(C(=O)N=[N+]=[N-])cccc2C2CC2)cc1Cl.Cc1cc(C)c(OCc2c(C)cccc2C(=O)N=[N+]=[N-])cc1Cl.Cc1cc(C)c(OCc2c(C)cccc2C(=O)N=[N+]=[N-])cc1Cl.Cc1cc(C)c(OCc2c(Cl)cccc2C(=O)N=[N+]=[N-])cc1Cl. The van der Waals surface area contributed by atoms with Crippen LogP contribution in [0.25, 0.3) is 62.7 Å². The van der Waals surface area contributed by atoms with E-state index in [1.165, 1.54) is 6.07 Å². The van der Waals surface area contributed by atoms with E-state index in [0.717, 1.165) is 119 Å². The van der Waals surface area contributed by atoms with Gasteiger partial charge in [0, 0.05) is 136 Å². The minimum Gasteiger partial charge on any atom is -0.489 e. The first-order chi connectivity index (χ1) is 67.2. The molecule has 0 N–H and O–H groups in total. The second-order valence-electron chi connectivity index (χ2n) is 32.1. The van der Waals surface area contributed by atoms with Gasteiger partial charge >= 0.3 is 0 Å². The quantitative estimate of drug-likeness (QED) is 0.0277. The molecule has 0 aliphatic heterocycles. The number of benzene rings is 12. The molecule has 0 atom stereocenters. The summed E-state index contributed by atoms with van der Waals surface area (Å²) in [6.07, 6.45) is 2.94. The molecule has 0 bridgehead atoms. The van der Waals surface area contributed by atoms with E-state index in [1.54, 1.807) is 109 Å². The Morgan fingerprint density at radius 3 is 0.794 bits per heavy atom. The molecule has 1 fully saturated rings. The molecule has 6 amide bonds. The van der Waals surface area contributed by atoms with E-state index in [2.05, 4.69) is 76.1 Å². The summed E-state index contributed by atoms with van der Waals surface area (Å²) < 4.78 is 35.8. The van der Waals surface area contributed by atoms with Crippen molar-refractivity contribution in [2.45, 2.75) is 169 Å². The van der Waals surface area contributed by atoms with Crippen molar-refractivity contribution in [3.8, 4) is 34.5 Å². The van der Waals surface area contributed by atoms with Gasteiger partial charge in [0.2, 0.25) is 35.4 Å². The smallest absolute Gasteiger partial charge is 0.249 e. The normalized spacial score (nSPS) is 10.7. The van der Waals surface area contributed by atoms with E-state index in [-0.39, 0.29) is 45.2 Å². The first-order valence-corrected chi connectivity index (χ1v) is 46.6. The summed E-state index contributed by atoms with van der Waals surface area (Å²) >= 11 is 46.4. The first-order valence-electron chi connectivity index (χ1n) is 43.1. The number of hydrogen-bond donors (Lipinski definition) is 0. The maximum atomic E-state index is 12.1. The third kappa shape index (κ3) is 31.7. The minimum absolute atomic E-state index is 0.0575. The molecule has 12 aromatic rings. The summed E-state index contributed by atoms with van der Waals surface area (Å²) in [5, 5.41) is 23.1. The Balaban J connectivity index is 0.000000207. The Hall–Kier alpha value is -14.2. The van der Waals surface area contributed by atoms with Crippen molar-refractivity contribution in [1.82, 2.24) is 0 Å². The van der Waals surface area contributed by atoms with Crippen molar-refractivity contribution < 1.29 is 57.2 Å². The Morgan fingerprint density at radius 1 is 0.277 bits per heavy atom. The fraction of sp³-hybridized carbons (Fsp3) is 0.243. The van der Waals surface area contributed by atoms with Crippen LogP contribution in [-0.2, 0) is 46.1 Å². The van der Waals surface area contributed by atoms with Crippen LogP contribution in [0.4, 0.5) is 0 Å². The summed E-state index contributed by atoms with van der Waals surface area (Å²) in [5.74, 6) is 0.577. The van der Waals surface area contributed by atoms with Crippen molar-refractivity contribution in [2.75, 3.05) is 0 Å². The molecular weight excluding hydrogens is 2010 g/mol. The van der Waals surface area contributed by atoms with Crippen LogP contribution in [-0.4, -0.2) is 35.4 Å². The second-order valence-corrected chi connectivity index (χ2v) is 35.8. The van der Waals surface area contributed by atoms with Gasteiger partial charge in [0.15, 0.2) is 0 Å². The molecule has 38 heteroatoms. The Labute approximate surface area is 857 Å². The van der Waals surface area contributed by atoms with Crippen LogP contribution in [0.1, 0.15) is 210 Å². The van der Waals surface area contributed by atoms with Gasteiger partial charge in [-0.05, 0) is 324 Å². The average Bonchev–Trinajstić information content (AvgIpc) is 1.68. The molecule has 0 heterocycles. The van der Waals surface area contributed by atoms with Crippen LogP contribution in [0.3, 0.4) is 0 Å². The number of halogens is 8. The second kappa shape index (κ2) is 54.4. The number of ether oxygens (including phenoxy) is 6. The number of azide groups is 6. The van der Waals surface area contributed by atoms with Crippen LogP contribution in [0.15, 0.2) is 217 Å². The molecule has 13 rings (SSSR count). The predicted molar refractivity (Wildman–Crippen MR) is 555 cm³/mol. The van der Waals surface area contributed by atoms with E-state index < -0.39 is 35.4 Å². The Morgan fingerprint density at radius 2 is 0.504 bits per heavy atom. The number of amides is 6. The van der Waals surface area contributed by atoms with E-state index >= 15 is 0 Å². The maximum absolute atomic E-state index is 12.1. The van der Waals surface area contributed by atoms with Crippen LogP contribution in [0.5, 0.6) is 34.5 Å². The van der Waals surface area contributed by atoms with Crippen LogP contribution < -0.4 is 28.4 Å². The van der Waals surface area contributed by atoms with Crippen molar-refractivity contribution in [3.05, 3.63) is 440 Å². The fourth-order valence-electron chi connectivity index (χ4n) is 14.3. The monoisotopic (exact) mass is 2100 g/mol. The van der Waals surface area contributed by atoms with Crippen LogP contribution in [0, 0.1) is 96.9 Å². The molecule has 1 aliphatic rings. The lowest BCUT2D eigenvalue weighted by Gasteiger charge is -2.16. The summed E-state index contributed by atoms with van der Waals surface area (Å²) in [6, 6.07) is 53.4. The van der Waals surface area contributed by atoms with Gasteiger partial charge in [0.25, 0.3) is 0 Å². The van der Waals surface area contributed by atoms with E-state index in [4.69, 9.17) is 143 Å². The van der Waals surface area contributed by atoms with Gasteiger partial charge in [-0.2, -0.15) is 0 Å². The molecule has 0 spiro atoms. The molecule has 0 aromatic heterocycles. The number of rotatable bonds is 26. The molecule has 1 saturated carbocycles. The van der Waals surface area contributed by atoms with Gasteiger partial charge in [-0.3, -0.25) is 28.8 Å².